The number of hydrogen-bond acceptors (Lipinski definition) is 1. The highest BCUT2D eigenvalue weighted by Crippen LogP contribution is 2.21. The van der Waals surface area contributed by atoms with Crippen LogP contribution in [0.2, 0.25) is 0 Å². The van der Waals surface area contributed by atoms with Crippen LogP contribution in [0, 0.1) is 5.92 Å². The molecule has 0 radical (unpaired) electrons. The van der Waals surface area contributed by atoms with Crippen molar-refractivity contribution in [2.75, 3.05) is 11.9 Å². The quantitative estimate of drug-likeness (QED) is 0.778. The van der Waals surface area contributed by atoms with E-state index in [2.05, 4.69) is 21.2 Å². The highest BCUT2D eigenvalue weighted by molar-refractivity contribution is 9.09. The van der Waals surface area contributed by atoms with Gasteiger partial charge in [-0.05, 0) is 18.8 Å². The number of nitrogens with one attached hydrogen (secondary N) is 1. The molecule has 0 aromatic rings. The van der Waals surface area contributed by atoms with Crippen LogP contribution in [-0.2, 0) is 4.79 Å². The maximum absolute atomic E-state index is 11.1. The van der Waals surface area contributed by atoms with Gasteiger partial charge in [-0.25, -0.2) is 0 Å². The zero-order chi connectivity index (χ0) is 10.2. The smallest absolute Gasteiger partial charge is 0.230 e. The van der Waals surface area contributed by atoms with E-state index in [-0.39, 0.29) is 5.91 Å². The summed E-state index contributed by atoms with van der Waals surface area (Å²) in [5.41, 5.74) is 0. The second-order valence-electron chi connectivity index (χ2n) is 4.15. The SMILES string of the molecule is O=C(CBr)NCC1CCCCCCC1. The third kappa shape index (κ3) is 4.99. The minimum Gasteiger partial charge on any atom is -0.355 e. The van der Waals surface area contributed by atoms with Crippen molar-refractivity contribution in [2.24, 2.45) is 5.92 Å². The topological polar surface area (TPSA) is 29.1 Å². The molecule has 0 aromatic heterocycles. The van der Waals surface area contributed by atoms with Gasteiger partial charge in [0.05, 0.1) is 5.33 Å². The summed E-state index contributed by atoms with van der Waals surface area (Å²) in [6.45, 7) is 0.879. The highest BCUT2D eigenvalue weighted by atomic mass is 79.9. The summed E-state index contributed by atoms with van der Waals surface area (Å²) in [4.78, 5) is 11.1. The Labute approximate surface area is 95.0 Å². The molecule has 2 nitrogen and oxygen atoms in total. The van der Waals surface area contributed by atoms with Crippen molar-refractivity contribution in [1.29, 1.82) is 0 Å². The first-order valence-electron chi connectivity index (χ1n) is 5.65. The summed E-state index contributed by atoms with van der Waals surface area (Å²) in [5, 5.41) is 3.39. The number of hydrogen-bond donors (Lipinski definition) is 1. The monoisotopic (exact) mass is 261 g/mol. The van der Waals surface area contributed by atoms with E-state index in [9.17, 15) is 4.79 Å². The van der Waals surface area contributed by atoms with Gasteiger partial charge in [-0.3, -0.25) is 4.79 Å². The lowest BCUT2D eigenvalue weighted by molar-refractivity contribution is -0.118. The molecule has 0 atom stereocenters. The van der Waals surface area contributed by atoms with Gasteiger partial charge < -0.3 is 5.32 Å². The van der Waals surface area contributed by atoms with Crippen LogP contribution < -0.4 is 5.32 Å². The first kappa shape index (κ1) is 12.0. The van der Waals surface area contributed by atoms with Gasteiger partial charge in [-0.1, -0.05) is 48.0 Å². The number of alkyl halides is 1. The van der Waals surface area contributed by atoms with Gasteiger partial charge in [0.2, 0.25) is 5.91 Å². The van der Waals surface area contributed by atoms with Crippen LogP contribution in [0.15, 0.2) is 0 Å². The molecular formula is C11H20BrNO. The van der Waals surface area contributed by atoms with Crippen molar-refractivity contribution in [3.05, 3.63) is 0 Å². The van der Waals surface area contributed by atoms with Crippen LogP contribution in [0.4, 0.5) is 0 Å². The molecule has 1 fully saturated rings. The Hall–Kier alpha value is -0.0500. The molecular weight excluding hydrogens is 242 g/mol. The van der Waals surface area contributed by atoms with Crippen LogP contribution >= 0.6 is 15.9 Å². The predicted molar refractivity (Wildman–Crippen MR) is 62.6 cm³/mol. The number of carbonyl (C=O) groups excluding carboxylic acids is 1. The van der Waals surface area contributed by atoms with Gasteiger partial charge in [0.25, 0.3) is 0 Å². The second kappa shape index (κ2) is 7.27. The van der Waals surface area contributed by atoms with Gasteiger partial charge in [-0.15, -0.1) is 0 Å². The fourth-order valence-electron chi connectivity index (χ4n) is 2.05. The highest BCUT2D eigenvalue weighted by Gasteiger charge is 2.11. The zero-order valence-electron chi connectivity index (χ0n) is 8.73. The summed E-state index contributed by atoms with van der Waals surface area (Å²) in [5.74, 6) is 0.838. The Morgan fingerprint density at radius 2 is 1.71 bits per heavy atom. The summed E-state index contributed by atoms with van der Waals surface area (Å²) >= 11 is 3.16. The molecule has 1 aliphatic carbocycles. The first-order valence-corrected chi connectivity index (χ1v) is 6.77. The number of rotatable bonds is 3. The Bertz CT molecular complexity index is 165. The van der Waals surface area contributed by atoms with Gasteiger partial charge in [0.15, 0.2) is 0 Å². The largest absolute Gasteiger partial charge is 0.355 e. The summed E-state index contributed by atoms with van der Waals surface area (Å²) < 4.78 is 0. The molecule has 1 aliphatic rings. The third-order valence-electron chi connectivity index (χ3n) is 2.93. The number of amides is 1. The van der Waals surface area contributed by atoms with Crippen LogP contribution in [0.1, 0.15) is 44.9 Å². The zero-order valence-corrected chi connectivity index (χ0v) is 10.3. The minimum atomic E-state index is 0.118. The fraction of sp³-hybridized carbons (Fsp3) is 0.909. The molecule has 0 aromatic carbocycles. The van der Waals surface area contributed by atoms with E-state index >= 15 is 0 Å². The van der Waals surface area contributed by atoms with E-state index in [0.717, 1.165) is 12.5 Å². The fourth-order valence-corrected chi connectivity index (χ4v) is 2.25. The van der Waals surface area contributed by atoms with Gasteiger partial charge >= 0.3 is 0 Å². The second-order valence-corrected chi connectivity index (χ2v) is 4.71. The molecule has 0 heterocycles. The molecule has 82 valence electrons. The van der Waals surface area contributed by atoms with E-state index in [0.29, 0.717) is 5.33 Å². The van der Waals surface area contributed by atoms with Crippen LogP contribution in [0.25, 0.3) is 0 Å². The molecule has 0 spiro atoms. The van der Waals surface area contributed by atoms with E-state index < -0.39 is 0 Å². The van der Waals surface area contributed by atoms with E-state index in [1.807, 2.05) is 0 Å². The summed E-state index contributed by atoms with van der Waals surface area (Å²) in [7, 11) is 0. The normalized spacial score (nSPS) is 19.8. The summed E-state index contributed by atoms with van der Waals surface area (Å²) in [6, 6.07) is 0. The van der Waals surface area contributed by atoms with Crippen molar-refractivity contribution in [2.45, 2.75) is 44.9 Å². The minimum absolute atomic E-state index is 0.118. The molecule has 0 bridgehead atoms. The maximum Gasteiger partial charge on any atom is 0.230 e. The average Bonchev–Trinajstić information content (AvgIpc) is 2.15. The lowest BCUT2D eigenvalue weighted by Gasteiger charge is -2.19. The maximum atomic E-state index is 11.1. The third-order valence-corrected chi connectivity index (χ3v) is 3.44. The Morgan fingerprint density at radius 1 is 1.14 bits per heavy atom. The number of halogens is 1. The van der Waals surface area contributed by atoms with Crippen molar-refractivity contribution >= 4 is 21.8 Å². The van der Waals surface area contributed by atoms with E-state index in [1.54, 1.807) is 0 Å². The Morgan fingerprint density at radius 3 is 2.29 bits per heavy atom. The van der Waals surface area contributed by atoms with Crippen molar-refractivity contribution in [3.63, 3.8) is 0 Å². The van der Waals surface area contributed by atoms with Crippen molar-refractivity contribution in [1.82, 2.24) is 5.32 Å². The van der Waals surface area contributed by atoms with Crippen LogP contribution in [-0.4, -0.2) is 17.8 Å². The molecule has 0 aliphatic heterocycles. The Kier molecular flexibility index (Phi) is 6.24. The Balaban J connectivity index is 2.16. The molecule has 14 heavy (non-hydrogen) atoms. The lowest BCUT2D eigenvalue weighted by atomic mass is 9.91. The average molecular weight is 262 g/mol. The lowest BCUT2D eigenvalue weighted by Crippen LogP contribution is -2.30. The molecule has 1 amide bonds. The molecule has 1 N–H and O–H groups in total. The standard InChI is InChI=1S/C11H20BrNO/c12-8-11(14)13-9-10-6-4-2-1-3-5-7-10/h10H,1-9H2,(H,13,14). The molecule has 1 saturated carbocycles. The molecule has 0 unspecified atom stereocenters. The van der Waals surface area contributed by atoms with Gasteiger partial charge in [0.1, 0.15) is 0 Å². The predicted octanol–water partition coefficient (Wildman–Crippen LogP) is 2.86. The van der Waals surface area contributed by atoms with Crippen LogP contribution in [0.3, 0.4) is 0 Å². The first-order chi connectivity index (χ1) is 6.83. The van der Waals surface area contributed by atoms with Crippen molar-refractivity contribution < 1.29 is 4.79 Å². The van der Waals surface area contributed by atoms with Crippen molar-refractivity contribution in [3.8, 4) is 0 Å². The molecule has 1 rings (SSSR count). The molecule has 0 saturated heterocycles. The molecule has 3 heteroatoms. The van der Waals surface area contributed by atoms with Gasteiger partial charge in [0, 0.05) is 6.54 Å². The van der Waals surface area contributed by atoms with Gasteiger partial charge in [-0.2, -0.15) is 0 Å². The van der Waals surface area contributed by atoms with E-state index in [4.69, 9.17) is 0 Å². The van der Waals surface area contributed by atoms with E-state index in [1.165, 1.54) is 44.9 Å². The number of carbonyl (C=O) groups is 1. The van der Waals surface area contributed by atoms with Crippen LogP contribution in [0.5, 0.6) is 0 Å². The summed E-state index contributed by atoms with van der Waals surface area (Å²) in [6.07, 6.45) is 9.43.